The van der Waals surface area contributed by atoms with Crippen molar-refractivity contribution < 1.29 is 13.2 Å². The molecule has 3 nitrogen and oxygen atoms in total. The number of hydrogen-bond donors (Lipinski definition) is 1. The fourth-order valence-corrected chi connectivity index (χ4v) is 3.88. The fraction of sp³-hybridized carbons (Fsp3) is 0.111. The molecule has 0 saturated heterocycles. The fourth-order valence-electron chi connectivity index (χ4n) is 2.26. The zero-order valence-corrected chi connectivity index (χ0v) is 15.0. The lowest BCUT2D eigenvalue weighted by Crippen LogP contribution is -2.06. The van der Waals surface area contributed by atoms with Crippen LogP contribution in [-0.4, -0.2) is 11.4 Å². The van der Waals surface area contributed by atoms with E-state index in [2.05, 4.69) is 10.2 Å². The second-order valence-electron chi connectivity index (χ2n) is 5.36. The zero-order chi connectivity index (χ0) is 18.6. The van der Waals surface area contributed by atoms with E-state index in [-0.39, 0.29) is 5.39 Å². The maximum atomic E-state index is 12.9. The summed E-state index contributed by atoms with van der Waals surface area (Å²) in [4.78, 5) is 0. The van der Waals surface area contributed by atoms with Crippen LogP contribution in [-0.2, 0) is 11.9 Å². The van der Waals surface area contributed by atoms with Crippen LogP contribution in [0.3, 0.4) is 0 Å². The third kappa shape index (κ3) is 4.64. The molecular formula is C18H14F3N3S2. The van der Waals surface area contributed by atoms with Crippen LogP contribution in [0.5, 0.6) is 0 Å². The van der Waals surface area contributed by atoms with Crippen LogP contribution in [0, 0.1) is 0 Å². The molecule has 0 fully saturated rings. The molecule has 0 bridgehead atoms. The Bertz CT molecular complexity index is 947. The van der Waals surface area contributed by atoms with Crippen molar-refractivity contribution in [2.45, 2.75) is 11.9 Å². The van der Waals surface area contributed by atoms with Crippen molar-refractivity contribution in [3.05, 3.63) is 70.6 Å². The lowest BCUT2D eigenvalue weighted by atomic mass is 10.1. The van der Waals surface area contributed by atoms with Crippen LogP contribution in [0.25, 0.3) is 10.1 Å². The Balaban J connectivity index is 1.66. The highest BCUT2D eigenvalue weighted by Gasteiger charge is 2.33. The number of benzene rings is 2. The molecule has 1 aromatic heterocycles. The van der Waals surface area contributed by atoms with E-state index in [1.807, 2.05) is 30.3 Å². The minimum atomic E-state index is -4.34. The van der Waals surface area contributed by atoms with Gasteiger partial charge >= 0.3 is 6.18 Å². The van der Waals surface area contributed by atoms with Gasteiger partial charge in [0.1, 0.15) is 0 Å². The number of thioether (sulfide) groups is 1. The number of thiophene rings is 1. The van der Waals surface area contributed by atoms with E-state index in [0.717, 1.165) is 22.3 Å². The molecule has 0 radical (unpaired) electrons. The van der Waals surface area contributed by atoms with Crippen molar-refractivity contribution in [3.63, 3.8) is 0 Å². The summed E-state index contributed by atoms with van der Waals surface area (Å²) in [5.41, 5.74) is 6.99. The minimum Gasteiger partial charge on any atom is -0.377 e. The predicted molar refractivity (Wildman–Crippen MR) is 104 cm³/mol. The highest BCUT2D eigenvalue weighted by Crippen LogP contribution is 2.38. The second kappa shape index (κ2) is 7.92. The molecule has 0 saturated carbocycles. The molecule has 26 heavy (non-hydrogen) atoms. The van der Waals surface area contributed by atoms with E-state index >= 15 is 0 Å². The summed E-state index contributed by atoms with van der Waals surface area (Å²) < 4.78 is 39.2. The van der Waals surface area contributed by atoms with Crippen LogP contribution in [0.4, 0.5) is 13.2 Å². The van der Waals surface area contributed by atoms with E-state index in [9.17, 15) is 13.2 Å². The summed E-state index contributed by atoms with van der Waals surface area (Å²) in [5, 5.41) is 9.47. The quantitative estimate of drug-likeness (QED) is 0.361. The van der Waals surface area contributed by atoms with Crippen LogP contribution in [0.1, 0.15) is 16.7 Å². The highest BCUT2D eigenvalue weighted by molar-refractivity contribution is 8.13. The molecule has 134 valence electrons. The Morgan fingerprint density at radius 2 is 1.92 bits per heavy atom. The van der Waals surface area contributed by atoms with E-state index in [4.69, 9.17) is 5.73 Å². The van der Waals surface area contributed by atoms with Gasteiger partial charge in [-0.05, 0) is 17.2 Å². The first-order valence-corrected chi connectivity index (χ1v) is 9.41. The summed E-state index contributed by atoms with van der Waals surface area (Å²) in [6.45, 7) is 0. The normalized spacial score (nSPS) is 13.0. The number of hydrogen-bond acceptors (Lipinski definition) is 4. The molecule has 0 aliphatic rings. The van der Waals surface area contributed by atoms with Crippen LogP contribution < -0.4 is 5.73 Å². The van der Waals surface area contributed by atoms with Crippen molar-refractivity contribution in [2.75, 3.05) is 0 Å². The number of rotatable bonds is 4. The Labute approximate surface area is 156 Å². The van der Waals surface area contributed by atoms with Gasteiger partial charge in [0.15, 0.2) is 5.17 Å². The average molecular weight is 393 g/mol. The first-order valence-electron chi connectivity index (χ1n) is 7.55. The van der Waals surface area contributed by atoms with E-state index in [1.165, 1.54) is 24.0 Å². The number of alkyl halides is 3. The van der Waals surface area contributed by atoms with Gasteiger partial charge in [-0.2, -0.15) is 18.3 Å². The van der Waals surface area contributed by atoms with Gasteiger partial charge in [-0.3, -0.25) is 0 Å². The number of nitrogens with zero attached hydrogens (tertiary/aromatic N) is 2. The highest BCUT2D eigenvalue weighted by atomic mass is 32.2. The van der Waals surface area contributed by atoms with Crippen molar-refractivity contribution in [1.82, 2.24) is 0 Å². The van der Waals surface area contributed by atoms with Gasteiger partial charge in [-0.1, -0.05) is 54.2 Å². The van der Waals surface area contributed by atoms with Gasteiger partial charge in [0.2, 0.25) is 0 Å². The summed E-state index contributed by atoms with van der Waals surface area (Å²) in [6, 6.07) is 14.5. The Morgan fingerprint density at radius 3 is 2.65 bits per heavy atom. The molecule has 2 N–H and O–H groups in total. The number of nitrogens with two attached hydrogens (primary N) is 1. The van der Waals surface area contributed by atoms with Gasteiger partial charge in [-0.15, -0.1) is 16.4 Å². The molecule has 0 aliphatic heterocycles. The Kier molecular flexibility index (Phi) is 5.63. The molecule has 0 unspecified atom stereocenters. The number of halogens is 3. The van der Waals surface area contributed by atoms with Crippen LogP contribution >= 0.6 is 23.1 Å². The minimum absolute atomic E-state index is 0.195. The van der Waals surface area contributed by atoms with Gasteiger partial charge < -0.3 is 5.73 Å². The third-order valence-electron chi connectivity index (χ3n) is 3.50. The Hall–Kier alpha value is -2.32. The summed E-state index contributed by atoms with van der Waals surface area (Å²) in [6.07, 6.45) is -2.87. The smallest absolute Gasteiger partial charge is 0.377 e. The topological polar surface area (TPSA) is 50.7 Å². The van der Waals surface area contributed by atoms with Gasteiger partial charge in [0.05, 0.1) is 11.8 Å². The van der Waals surface area contributed by atoms with Crippen molar-refractivity contribution in [3.8, 4) is 0 Å². The number of fused-ring (bicyclic) bond motifs is 1. The first kappa shape index (κ1) is 18.5. The average Bonchev–Trinajstić information content (AvgIpc) is 3.04. The van der Waals surface area contributed by atoms with Crippen LogP contribution in [0.2, 0.25) is 0 Å². The molecule has 3 aromatic rings. The largest absolute Gasteiger partial charge is 0.417 e. The molecule has 2 aromatic carbocycles. The summed E-state index contributed by atoms with van der Waals surface area (Å²) >= 11 is 2.42. The molecule has 0 spiro atoms. The molecule has 0 aliphatic carbocycles. The van der Waals surface area contributed by atoms with E-state index in [1.54, 1.807) is 12.1 Å². The second-order valence-corrected chi connectivity index (χ2v) is 7.27. The maximum Gasteiger partial charge on any atom is 0.417 e. The molecule has 0 atom stereocenters. The SMILES string of the molecule is NC(=NN=Cc1ccc2c(C(F)(F)F)csc2c1)SCc1ccccc1. The lowest BCUT2D eigenvalue weighted by molar-refractivity contribution is -0.136. The van der Waals surface area contributed by atoms with E-state index < -0.39 is 11.7 Å². The molecule has 1 heterocycles. The van der Waals surface area contributed by atoms with Crippen LogP contribution in [0.15, 0.2) is 64.1 Å². The van der Waals surface area contributed by atoms with Crippen molar-refractivity contribution in [2.24, 2.45) is 15.9 Å². The summed E-state index contributed by atoms with van der Waals surface area (Å²) in [5.74, 6) is 0.688. The standard InChI is InChI=1S/C18H14F3N3S2/c19-18(20,21)15-11-25-16-8-13(6-7-14(15)16)9-23-24-17(22)26-10-12-4-2-1-3-5-12/h1-9,11H,10H2,(H2,22,24). The Morgan fingerprint density at radius 1 is 1.15 bits per heavy atom. The van der Waals surface area contributed by atoms with Crippen molar-refractivity contribution in [1.29, 1.82) is 0 Å². The third-order valence-corrected chi connectivity index (χ3v) is 5.30. The lowest BCUT2D eigenvalue weighted by Gasteiger charge is -2.04. The molecule has 3 rings (SSSR count). The monoisotopic (exact) mass is 393 g/mol. The molecule has 0 amide bonds. The maximum absolute atomic E-state index is 12.9. The predicted octanol–water partition coefficient (Wildman–Crippen LogP) is 5.50. The number of amidine groups is 1. The van der Waals surface area contributed by atoms with Gasteiger partial charge in [0, 0.05) is 21.2 Å². The molecular weight excluding hydrogens is 379 g/mol. The summed E-state index contributed by atoms with van der Waals surface area (Å²) in [7, 11) is 0. The zero-order valence-electron chi connectivity index (χ0n) is 13.4. The van der Waals surface area contributed by atoms with E-state index in [0.29, 0.717) is 21.2 Å². The van der Waals surface area contributed by atoms with Gasteiger partial charge in [0.25, 0.3) is 0 Å². The van der Waals surface area contributed by atoms with Crippen molar-refractivity contribution >= 4 is 44.6 Å². The van der Waals surface area contributed by atoms with Gasteiger partial charge in [-0.25, -0.2) is 0 Å². The first-order chi connectivity index (χ1) is 12.4. The molecule has 8 heteroatoms.